The van der Waals surface area contributed by atoms with Crippen LogP contribution in [-0.2, 0) is 6.54 Å². The van der Waals surface area contributed by atoms with Gasteiger partial charge in [-0.25, -0.2) is 0 Å². The van der Waals surface area contributed by atoms with Gasteiger partial charge in [0, 0.05) is 18.9 Å². The zero-order valence-corrected chi connectivity index (χ0v) is 9.16. The molecule has 0 atom stereocenters. The number of hydrogen-bond acceptors (Lipinski definition) is 1. The second-order valence-electron chi connectivity index (χ2n) is 3.77. The van der Waals surface area contributed by atoms with Crippen molar-refractivity contribution in [2.75, 3.05) is 0 Å². The Balaban J connectivity index is 1.95. The number of H-pyrrole nitrogens is 1. The summed E-state index contributed by atoms with van der Waals surface area (Å²) >= 11 is 0. The minimum atomic E-state index is -0.0530. The first-order chi connectivity index (χ1) is 7.75. The van der Waals surface area contributed by atoms with Crippen LogP contribution in [0.5, 0.6) is 0 Å². The Bertz CT molecular complexity index is 474. The summed E-state index contributed by atoms with van der Waals surface area (Å²) in [5, 5.41) is 2.87. The van der Waals surface area contributed by atoms with E-state index in [4.69, 9.17) is 0 Å². The van der Waals surface area contributed by atoms with Gasteiger partial charge >= 0.3 is 0 Å². The third-order valence-electron chi connectivity index (χ3n) is 2.40. The Morgan fingerprint density at radius 1 is 1.38 bits per heavy atom. The fourth-order valence-corrected chi connectivity index (χ4v) is 1.57. The second-order valence-corrected chi connectivity index (χ2v) is 3.77. The first kappa shape index (κ1) is 10.5. The van der Waals surface area contributed by atoms with Crippen molar-refractivity contribution in [3.8, 4) is 0 Å². The molecule has 0 radical (unpaired) electrons. The number of hydrogen-bond donors (Lipinski definition) is 2. The lowest BCUT2D eigenvalue weighted by molar-refractivity contribution is 0.0951. The van der Waals surface area contributed by atoms with E-state index in [-0.39, 0.29) is 5.91 Å². The molecule has 0 fully saturated rings. The normalized spacial score (nSPS) is 10.1. The van der Waals surface area contributed by atoms with Gasteiger partial charge in [0.15, 0.2) is 0 Å². The molecule has 0 saturated heterocycles. The van der Waals surface area contributed by atoms with Crippen molar-refractivity contribution in [3.63, 3.8) is 0 Å². The summed E-state index contributed by atoms with van der Waals surface area (Å²) in [6.45, 7) is 2.60. The highest BCUT2D eigenvalue weighted by Crippen LogP contribution is 2.04. The lowest BCUT2D eigenvalue weighted by Crippen LogP contribution is -2.22. The van der Waals surface area contributed by atoms with E-state index in [9.17, 15) is 4.79 Å². The average molecular weight is 214 g/mol. The number of amides is 1. The zero-order chi connectivity index (χ0) is 11.4. The van der Waals surface area contributed by atoms with E-state index in [0.717, 1.165) is 5.56 Å². The number of aryl methyl sites for hydroxylation is 1. The number of rotatable bonds is 3. The van der Waals surface area contributed by atoms with Crippen molar-refractivity contribution in [3.05, 3.63) is 59.4 Å². The molecule has 0 unspecified atom stereocenters. The number of aromatic amines is 1. The van der Waals surface area contributed by atoms with Gasteiger partial charge in [-0.1, -0.05) is 29.8 Å². The van der Waals surface area contributed by atoms with E-state index in [2.05, 4.69) is 16.4 Å². The van der Waals surface area contributed by atoms with Gasteiger partial charge in [-0.2, -0.15) is 0 Å². The van der Waals surface area contributed by atoms with Crippen molar-refractivity contribution in [2.45, 2.75) is 13.5 Å². The molecule has 2 aromatic rings. The van der Waals surface area contributed by atoms with Gasteiger partial charge in [-0.3, -0.25) is 4.79 Å². The summed E-state index contributed by atoms with van der Waals surface area (Å²) in [6, 6.07) is 9.86. The first-order valence-corrected chi connectivity index (χ1v) is 5.22. The van der Waals surface area contributed by atoms with Crippen LogP contribution in [0.25, 0.3) is 0 Å². The van der Waals surface area contributed by atoms with Crippen LogP contribution in [0.1, 0.15) is 21.5 Å². The predicted octanol–water partition coefficient (Wildman–Crippen LogP) is 2.25. The van der Waals surface area contributed by atoms with Crippen molar-refractivity contribution in [2.24, 2.45) is 0 Å². The third-order valence-corrected chi connectivity index (χ3v) is 2.40. The van der Waals surface area contributed by atoms with Crippen molar-refractivity contribution >= 4 is 5.91 Å². The van der Waals surface area contributed by atoms with Gasteiger partial charge in [0.05, 0.1) is 5.56 Å². The molecular weight excluding hydrogens is 200 g/mol. The van der Waals surface area contributed by atoms with E-state index in [1.807, 2.05) is 25.1 Å². The summed E-state index contributed by atoms with van der Waals surface area (Å²) in [5.41, 5.74) is 2.98. The van der Waals surface area contributed by atoms with E-state index in [1.54, 1.807) is 18.5 Å². The molecule has 1 aromatic heterocycles. The molecule has 1 aromatic carbocycles. The number of nitrogens with one attached hydrogen (secondary N) is 2. The van der Waals surface area contributed by atoms with E-state index < -0.39 is 0 Å². The highest BCUT2D eigenvalue weighted by Gasteiger charge is 2.04. The molecule has 0 aliphatic rings. The quantitative estimate of drug-likeness (QED) is 0.808. The molecule has 1 amide bonds. The average Bonchev–Trinajstić information content (AvgIpc) is 2.79. The number of aromatic nitrogens is 1. The Morgan fingerprint density at radius 2 is 2.25 bits per heavy atom. The Hall–Kier alpha value is -2.03. The van der Waals surface area contributed by atoms with Crippen molar-refractivity contribution in [1.82, 2.24) is 10.3 Å². The van der Waals surface area contributed by atoms with Gasteiger partial charge in [-0.05, 0) is 18.6 Å². The van der Waals surface area contributed by atoms with Crippen LogP contribution < -0.4 is 5.32 Å². The first-order valence-electron chi connectivity index (χ1n) is 5.22. The van der Waals surface area contributed by atoms with Gasteiger partial charge in [0.25, 0.3) is 5.91 Å². The van der Waals surface area contributed by atoms with Crippen molar-refractivity contribution < 1.29 is 4.79 Å². The molecule has 3 nitrogen and oxygen atoms in total. The monoisotopic (exact) mass is 214 g/mol. The standard InChI is InChI=1S/C13H14N2O/c1-10-3-2-4-11(7-10)8-15-13(16)12-5-6-14-9-12/h2-7,9,14H,8H2,1H3,(H,15,16). The highest BCUT2D eigenvalue weighted by molar-refractivity contribution is 5.93. The summed E-state index contributed by atoms with van der Waals surface area (Å²) in [7, 11) is 0. The Morgan fingerprint density at radius 3 is 2.94 bits per heavy atom. The second kappa shape index (κ2) is 4.66. The summed E-state index contributed by atoms with van der Waals surface area (Å²) in [5.74, 6) is -0.0530. The minimum absolute atomic E-state index is 0.0530. The summed E-state index contributed by atoms with van der Waals surface area (Å²) in [6.07, 6.45) is 3.42. The van der Waals surface area contributed by atoms with Gasteiger partial charge in [0.2, 0.25) is 0 Å². The molecule has 16 heavy (non-hydrogen) atoms. The molecule has 0 saturated carbocycles. The third kappa shape index (κ3) is 2.51. The van der Waals surface area contributed by atoms with Crippen LogP contribution in [0.15, 0.2) is 42.7 Å². The fraction of sp³-hybridized carbons (Fsp3) is 0.154. The lowest BCUT2D eigenvalue weighted by Gasteiger charge is -2.04. The molecular formula is C13H14N2O. The molecule has 82 valence electrons. The lowest BCUT2D eigenvalue weighted by atomic mass is 10.1. The predicted molar refractivity (Wildman–Crippen MR) is 63.1 cm³/mol. The zero-order valence-electron chi connectivity index (χ0n) is 9.16. The Labute approximate surface area is 94.5 Å². The minimum Gasteiger partial charge on any atom is -0.367 e. The highest BCUT2D eigenvalue weighted by atomic mass is 16.1. The van der Waals surface area contributed by atoms with Crippen LogP contribution >= 0.6 is 0 Å². The summed E-state index contributed by atoms with van der Waals surface area (Å²) < 4.78 is 0. The number of carbonyl (C=O) groups excluding carboxylic acids is 1. The molecule has 3 heteroatoms. The number of benzene rings is 1. The fourth-order valence-electron chi connectivity index (χ4n) is 1.57. The molecule has 2 rings (SSSR count). The van der Waals surface area contributed by atoms with Crippen LogP contribution in [0, 0.1) is 6.92 Å². The molecule has 0 aliphatic carbocycles. The molecule has 0 bridgehead atoms. The van der Waals surface area contributed by atoms with E-state index >= 15 is 0 Å². The van der Waals surface area contributed by atoms with Crippen LogP contribution in [0.2, 0.25) is 0 Å². The molecule has 1 heterocycles. The molecule has 0 spiro atoms. The van der Waals surface area contributed by atoms with Gasteiger partial charge in [0.1, 0.15) is 0 Å². The largest absolute Gasteiger partial charge is 0.367 e. The Kier molecular flexibility index (Phi) is 3.05. The van der Waals surface area contributed by atoms with Crippen LogP contribution in [-0.4, -0.2) is 10.9 Å². The number of carbonyl (C=O) groups is 1. The topological polar surface area (TPSA) is 44.9 Å². The van der Waals surface area contributed by atoms with Gasteiger partial charge in [-0.15, -0.1) is 0 Å². The van der Waals surface area contributed by atoms with E-state index in [1.165, 1.54) is 5.56 Å². The maximum atomic E-state index is 11.6. The SMILES string of the molecule is Cc1cccc(CNC(=O)c2cc[nH]c2)c1. The molecule has 0 aliphatic heterocycles. The summed E-state index contributed by atoms with van der Waals surface area (Å²) in [4.78, 5) is 14.5. The maximum absolute atomic E-state index is 11.6. The molecule has 2 N–H and O–H groups in total. The van der Waals surface area contributed by atoms with Crippen LogP contribution in [0.4, 0.5) is 0 Å². The van der Waals surface area contributed by atoms with E-state index in [0.29, 0.717) is 12.1 Å². The maximum Gasteiger partial charge on any atom is 0.253 e. The van der Waals surface area contributed by atoms with Gasteiger partial charge < -0.3 is 10.3 Å². The van der Waals surface area contributed by atoms with Crippen LogP contribution in [0.3, 0.4) is 0 Å². The smallest absolute Gasteiger partial charge is 0.253 e. The van der Waals surface area contributed by atoms with Crippen molar-refractivity contribution in [1.29, 1.82) is 0 Å².